The summed E-state index contributed by atoms with van der Waals surface area (Å²) >= 11 is 0. The van der Waals surface area contributed by atoms with Crippen LogP contribution < -0.4 is 9.47 Å². The zero-order chi connectivity index (χ0) is 17.2. The molecule has 0 bridgehead atoms. The molecular weight excluding hydrogens is 300 g/mol. The first-order valence-electron chi connectivity index (χ1n) is 8.43. The SMILES string of the molecule is CCCCc1ccc(OC(=O)C=Cc2ccc(OCC)cc2)cc1. The zero-order valence-electron chi connectivity index (χ0n) is 14.3. The fourth-order valence-electron chi connectivity index (χ4n) is 2.26. The van der Waals surface area contributed by atoms with E-state index in [9.17, 15) is 4.79 Å². The molecule has 0 amide bonds. The number of rotatable bonds is 8. The van der Waals surface area contributed by atoms with Crippen LogP contribution in [0.25, 0.3) is 6.08 Å². The first kappa shape index (κ1) is 17.8. The molecule has 0 unspecified atom stereocenters. The van der Waals surface area contributed by atoms with Gasteiger partial charge in [-0.15, -0.1) is 0 Å². The Bertz CT molecular complexity index is 654. The number of carbonyl (C=O) groups excluding carboxylic acids is 1. The van der Waals surface area contributed by atoms with Crippen LogP contribution >= 0.6 is 0 Å². The summed E-state index contributed by atoms with van der Waals surface area (Å²) < 4.78 is 10.7. The third-order valence-corrected chi connectivity index (χ3v) is 3.56. The number of esters is 1. The molecule has 2 rings (SSSR count). The van der Waals surface area contributed by atoms with Crippen molar-refractivity contribution in [3.63, 3.8) is 0 Å². The van der Waals surface area contributed by atoms with E-state index >= 15 is 0 Å². The van der Waals surface area contributed by atoms with Crippen LogP contribution in [0.2, 0.25) is 0 Å². The molecule has 24 heavy (non-hydrogen) atoms. The number of benzene rings is 2. The molecule has 0 aliphatic heterocycles. The maximum absolute atomic E-state index is 11.9. The van der Waals surface area contributed by atoms with Crippen LogP contribution in [0.15, 0.2) is 54.6 Å². The molecule has 0 aromatic heterocycles. The van der Waals surface area contributed by atoms with Gasteiger partial charge in [0.1, 0.15) is 11.5 Å². The molecule has 0 heterocycles. The molecule has 126 valence electrons. The molecule has 0 atom stereocenters. The van der Waals surface area contributed by atoms with E-state index in [1.807, 2.05) is 55.5 Å². The van der Waals surface area contributed by atoms with Gasteiger partial charge in [0, 0.05) is 6.08 Å². The summed E-state index contributed by atoms with van der Waals surface area (Å²) in [5.41, 5.74) is 2.19. The average Bonchev–Trinajstić information content (AvgIpc) is 2.61. The molecule has 0 saturated carbocycles. The third-order valence-electron chi connectivity index (χ3n) is 3.56. The maximum Gasteiger partial charge on any atom is 0.336 e. The van der Waals surface area contributed by atoms with Crippen LogP contribution in [0, 0.1) is 0 Å². The second-order valence-corrected chi connectivity index (χ2v) is 5.50. The Kier molecular flexibility index (Phi) is 7.09. The monoisotopic (exact) mass is 324 g/mol. The number of ether oxygens (including phenoxy) is 2. The van der Waals surface area contributed by atoms with Gasteiger partial charge in [0.2, 0.25) is 0 Å². The molecule has 3 heteroatoms. The van der Waals surface area contributed by atoms with Gasteiger partial charge in [0.25, 0.3) is 0 Å². The van der Waals surface area contributed by atoms with E-state index in [0.717, 1.165) is 17.7 Å². The molecule has 3 nitrogen and oxygen atoms in total. The lowest BCUT2D eigenvalue weighted by atomic mass is 10.1. The Hall–Kier alpha value is -2.55. The van der Waals surface area contributed by atoms with Crippen molar-refractivity contribution in [3.8, 4) is 11.5 Å². The maximum atomic E-state index is 11.9. The second kappa shape index (κ2) is 9.56. The number of carbonyl (C=O) groups is 1. The van der Waals surface area contributed by atoms with Crippen molar-refractivity contribution in [1.82, 2.24) is 0 Å². The van der Waals surface area contributed by atoms with E-state index in [2.05, 4.69) is 6.92 Å². The van der Waals surface area contributed by atoms with Gasteiger partial charge < -0.3 is 9.47 Å². The standard InChI is InChI=1S/C21H24O3/c1-3-5-6-17-9-14-20(15-10-17)24-21(22)16-11-18-7-12-19(13-8-18)23-4-2/h7-16H,3-6H2,1-2H3. The fourth-order valence-corrected chi connectivity index (χ4v) is 2.26. The highest BCUT2D eigenvalue weighted by molar-refractivity contribution is 5.88. The van der Waals surface area contributed by atoms with Crippen molar-refractivity contribution in [2.45, 2.75) is 33.1 Å². The minimum atomic E-state index is -0.384. The first-order valence-corrected chi connectivity index (χ1v) is 8.43. The van der Waals surface area contributed by atoms with E-state index < -0.39 is 0 Å². The normalized spacial score (nSPS) is 10.8. The van der Waals surface area contributed by atoms with E-state index in [4.69, 9.17) is 9.47 Å². The van der Waals surface area contributed by atoms with Gasteiger partial charge in [0.15, 0.2) is 0 Å². The third kappa shape index (κ3) is 5.92. The van der Waals surface area contributed by atoms with Crippen molar-refractivity contribution in [2.24, 2.45) is 0 Å². The van der Waals surface area contributed by atoms with Crippen molar-refractivity contribution >= 4 is 12.0 Å². The molecule has 2 aromatic carbocycles. The Labute approximate surface area is 143 Å². The zero-order valence-corrected chi connectivity index (χ0v) is 14.3. The minimum absolute atomic E-state index is 0.384. The van der Waals surface area contributed by atoms with Crippen LogP contribution in [0.3, 0.4) is 0 Å². The second-order valence-electron chi connectivity index (χ2n) is 5.50. The predicted octanol–water partition coefficient (Wildman–Crippen LogP) is 5.05. The lowest BCUT2D eigenvalue weighted by molar-refractivity contribution is -0.128. The van der Waals surface area contributed by atoms with Crippen LogP contribution in [0.4, 0.5) is 0 Å². The Morgan fingerprint density at radius 3 is 2.25 bits per heavy atom. The molecular formula is C21H24O3. The Morgan fingerprint density at radius 2 is 1.62 bits per heavy atom. The molecule has 0 aliphatic carbocycles. The molecule has 0 aliphatic rings. The van der Waals surface area contributed by atoms with Crippen LogP contribution in [0.5, 0.6) is 11.5 Å². The highest BCUT2D eigenvalue weighted by Crippen LogP contribution is 2.15. The van der Waals surface area contributed by atoms with Crippen molar-refractivity contribution in [2.75, 3.05) is 6.61 Å². The summed E-state index contributed by atoms with van der Waals surface area (Å²) in [7, 11) is 0. The van der Waals surface area contributed by atoms with Gasteiger partial charge >= 0.3 is 5.97 Å². The summed E-state index contributed by atoms with van der Waals surface area (Å²) in [5, 5.41) is 0. The molecule has 2 aromatic rings. The molecule has 0 N–H and O–H groups in total. The number of aryl methyl sites for hydroxylation is 1. The minimum Gasteiger partial charge on any atom is -0.494 e. The largest absolute Gasteiger partial charge is 0.494 e. The predicted molar refractivity (Wildman–Crippen MR) is 97.3 cm³/mol. The lowest BCUT2D eigenvalue weighted by Gasteiger charge is -2.04. The van der Waals surface area contributed by atoms with Crippen molar-refractivity contribution < 1.29 is 14.3 Å². The molecule has 0 fully saturated rings. The van der Waals surface area contributed by atoms with E-state index in [1.165, 1.54) is 24.5 Å². The van der Waals surface area contributed by atoms with Gasteiger partial charge in [0.05, 0.1) is 6.61 Å². The van der Waals surface area contributed by atoms with Crippen LogP contribution in [-0.2, 0) is 11.2 Å². The van der Waals surface area contributed by atoms with Crippen LogP contribution in [-0.4, -0.2) is 12.6 Å². The summed E-state index contributed by atoms with van der Waals surface area (Å²) in [6.45, 7) is 4.76. The molecule has 0 radical (unpaired) electrons. The molecule has 0 spiro atoms. The van der Waals surface area contributed by atoms with Crippen molar-refractivity contribution in [1.29, 1.82) is 0 Å². The van der Waals surface area contributed by atoms with E-state index in [1.54, 1.807) is 6.08 Å². The highest BCUT2D eigenvalue weighted by atomic mass is 16.5. The summed E-state index contributed by atoms with van der Waals surface area (Å²) in [6, 6.07) is 15.3. The highest BCUT2D eigenvalue weighted by Gasteiger charge is 2.01. The fraction of sp³-hybridized carbons (Fsp3) is 0.286. The van der Waals surface area contributed by atoms with E-state index in [0.29, 0.717) is 12.4 Å². The molecule has 0 saturated heterocycles. The van der Waals surface area contributed by atoms with E-state index in [-0.39, 0.29) is 5.97 Å². The van der Waals surface area contributed by atoms with Crippen molar-refractivity contribution in [3.05, 3.63) is 65.7 Å². The lowest BCUT2D eigenvalue weighted by Crippen LogP contribution is -2.03. The van der Waals surface area contributed by atoms with Gasteiger partial charge in [-0.1, -0.05) is 37.6 Å². The van der Waals surface area contributed by atoms with Gasteiger partial charge in [-0.25, -0.2) is 4.79 Å². The number of hydrogen-bond donors (Lipinski definition) is 0. The van der Waals surface area contributed by atoms with Gasteiger partial charge in [-0.2, -0.15) is 0 Å². The number of hydrogen-bond acceptors (Lipinski definition) is 3. The average molecular weight is 324 g/mol. The van der Waals surface area contributed by atoms with Crippen LogP contribution in [0.1, 0.15) is 37.8 Å². The van der Waals surface area contributed by atoms with Gasteiger partial charge in [-0.3, -0.25) is 0 Å². The topological polar surface area (TPSA) is 35.5 Å². The Morgan fingerprint density at radius 1 is 0.958 bits per heavy atom. The van der Waals surface area contributed by atoms with Gasteiger partial charge in [-0.05, 0) is 61.2 Å². The smallest absolute Gasteiger partial charge is 0.336 e. The first-order chi connectivity index (χ1) is 11.7. The quantitative estimate of drug-likeness (QED) is 0.387. The summed E-state index contributed by atoms with van der Waals surface area (Å²) in [6.07, 6.45) is 6.56. The summed E-state index contributed by atoms with van der Waals surface area (Å²) in [5.74, 6) is 1.00. The Balaban J connectivity index is 1.87. The summed E-state index contributed by atoms with van der Waals surface area (Å²) in [4.78, 5) is 11.9. The number of unbranched alkanes of at least 4 members (excludes halogenated alkanes) is 1.